The normalized spacial score (nSPS) is 11.8. The molecule has 0 fully saturated rings. The van der Waals surface area contributed by atoms with Crippen molar-refractivity contribution in [3.8, 4) is 0 Å². The van der Waals surface area contributed by atoms with Crippen molar-refractivity contribution in [2.24, 2.45) is 0 Å². The van der Waals surface area contributed by atoms with Gasteiger partial charge in [0.1, 0.15) is 5.82 Å². The molecule has 1 N–H and O–H groups in total. The topological polar surface area (TPSA) is 59.8 Å². The van der Waals surface area contributed by atoms with Crippen LogP contribution >= 0.6 is 11.8 Å². The van der Waals surface area contributed by atoms with Gasteiger partial charge in [-0.15, -0.1) is 16.8 Å². The monoisotopic (exact) mass is 434 g/mol. The van der Waals surface area contributed by atoms with Gasteiger partial charge in [0, 0.05) is 18.7 Å². The molecule has 3 aromatic rings. The Labute approximate surface area is 189 Å². The fourth-order valence-corrected chi connectivity index (χ4v) is 4.05. The number of carbonyl (C=O) groups excluding carboxylic acids is 1. The lowest BCUT2D eigenvalue weighted by atomic mass is 9.99. The Balaban J connectivity index is 1.57. The van der Waals surface area contributed by atoms with Crippen molar-refractivity contribution in [3.05, 3.63) is 84.2 Å². The van der Waals surface area contributed by atoms with E-state index in [0.29, 0.717) is 12.5 Å². The van der Waals surface area contributed by atoms with E-state index in [0.717, 1.165) is 35.9 Å². The van der Waals surface area contributed by atoms with Gasteiger partial charge < -0.3 is 9.88 Å². The number of amides is 1. The van der Waals surface area contributed by atoms with E-state index in [1.165, 1.54) is 22.9 Å². The van der Waals surface area contributed by atoms with Gasteiger partial charge in [-0.2, -0.15) is 0 Å². The van der Waals surface area contributed by atoms with Crippen molar-refractivity contribution in [3.63, 3.8) is 0 Å². The first-order chi connectivity index (χ1) is 15.1. The highest BCUT2D eigenvalue weighted by Crippen LogP contribution is 2.22. The van der Waals surface area contributed by atoms with E-state index in [-0.39, 0.29) is 11.7 Å². The van der Waals surface area contributed by atoms with Crippen LogP contribution < -0.4 is 5.32 Å². The lowest BCUT2D eigenvalue weighted by molar-refractivity contribution is -0.113. The zero-order valence-corrected chi connectivity index (χ0v) is 19.1. The van der Waals surface area contributed by atoms with E-state index < -0.39 is 0 Å². The molecule has 6 heteroatoms. The molecule has 0 aliphatic carbocycles. The molecule has 3 rings (SSSR count). The number of benzene rings is 2. The molecule has 1 heterocycles. The largest absolute Gasteiger partial charge is 0.325 e. The van der Waals surface area contributed by atoms with Crippen LogP contribution in [0.3, 0.4) is 0 Å². The summed E-state index contributed by atoms with van der Waals surface area (Å²) in [5, 5.41) is 12.4. The summed E-state index contributed by atoms with van der Waals surface area (Å²) < 4.78 is 2.04. The second kappa shape index (κ2) is 11.5. The number of nitrogens with zero attached hydrogens (tertiary/aromatic N) is 3. The van der Waals surface area contributed by atoms with Crippen molar-refractivity contribution in [2.75, 3.05) is 11.1 Å². The van der Waals surface area contributed by atoms with Crippen LogP contribution in [0.2, 0.25) is 0 Å². The number of carbonyl (C=O) groups is 1. The number of anilines is 1. The molecule has 162 valence electrons. The number of hydrogen-bond acceptors (Lipinski definition) is 4. The van der Waals surface area contributed by atoms with Crippen LogP contribution in [-0.2, 0) is 24.2 Å². The summed E-state index contributed by atoms with van der Waals surface area (Å²) in [6.45, 7) is 8.85. The number of aromatic nitrogens is 3. The van der Waals surface area contributed by atoms with Crippen molar-refractivity contribution in [1.29, 1.82) is 0 Å². The van der Waals surface area contributed by atoms with Crippen LogP contribution in [0.5, 0.6) is 0 Å². The number of allylic oxidation sites excluding steroid dienone is 1. The average Bonchev–Trinajstić information content (AvgIpc) is 3.18. The quantitative estimate of drug-likeness (QED) is 0.320. The molecule has 0 unspecified atom stereocenters. The van der Waals surface area contributed by atoms with Crippen molar-refractivity contribution in [2.45, 2.75) is 50.7 Å². The molecule has 2 aromatic carbocycles. The zero-order chi connectivity index (χ0) is 22.1. The van der Waals surface area contributed by atoms with Crippen LogP contribution in [0.15, 0.2) is 72.4 Å². The highest BCUT2D eigenvalue weighted by molar-refractivity contribution is 7.99. The second-order valence-electron chi connectivity index (χ2n) is 7.55. The molecular formula is C25H30N4OS. The van der Waals surface area contributed by atoms with Gasteiger partial charge in [0.25, 0.3) is 0 Å². The van der Waals surface area contributed by atoms with E-state index >= 15 is 0 Å². The maximum Gasteiger partial charge on any atom is 0.234 e. The molecule has 1 aromatic heterocycles. The van der Waals surface area contributed by atoms with E-state index in [2.05, 4.69) is 60.2 Å². The van der Waals surface area contributed by atoms with E-state index in [1.807, 2.05) is 41.0 Å². The molecule has 1 amide bonds. The Morgan fingerprint density at radius 2 is 1.87 bits per heavy atom. The molecule has 0 aliphatic heterocycles. The van der Waals surface area contributed by atoms with Gasteiger partial charge in [-0.1, -0.05) is 74.1 Å². The van der Waals surface area contributed by atoms with E-state index in [1.54, 1.807) is 0 Å². The van der Waals surface area contributed by atoms with Crippen molar-refractivity contribution in [1.82, 2.24) is 14.8 Å². The fourth-order valence-electron chi connectivity index (χ4n) is 3.28. The van der Waals surface area contributed by atoms with Crippen LogP contribution in [-0.4, -0.2) is 26.4 Å². The Kier molecular flexibility index (Phi) is 8.47. The van der Waals surface area contributed by atoms with E-state index in [9.17, 15) is 4.79 Å². The minimum absolute atomic E-state index is 0.0553. The average molecular weight is 435 g/mol. The van der Waals surface area contributed by atoms with Crippen LogP contribution in [0, 0.1) is 0 Å². The van der Waals surface area contributed by atoms with Gasteiger partial charge in [-0.05, 0) is 42.0 Å². The minimum atomic E-state index is -0.0553. The van der Waals surface area contributed by atoms with Gasteiger partial charge >= 0.3 is 0 Å². The molecule has 0 radical (unpaired) electrons. The molecule has 0 bridgehead atoms. The molecular weight excluding hydrogens is 404 g/mol. The maximum absolute atomic E-state index is 12.4. The van der Waals surface area contributed by atoms with Crippen molar-refractivity contribution >= 4 is 23.4 Å². The van der Waals surface area contributed by atoms with E-state index in [4.69, 9.17) is 0 Å². The SMILES string of the molecule is C=CCn1c(CCc2ccccc2)nnc1SCC(=O)Nc1ccc([C@H](C)CC)cc1. The molecule has 1 atom stereocenters. The zero-order valence-electron chi connectivity index (χ0n) is 18.3. The standard InChI is InChI=1S/C25H30N4OS/c1-4-17-29-23(16-11-20-9-7-6-8-10-20)27-28-25(29)31-18-24(30)26-22-14-12-21(13-15-22)19(3)5-2/h4,6-10,12-15,19H,1,5,11,16-18H2,2-3H3,(H,26,30)/t19-/m1/s1. The first kappa shape index (κ1) is 22.8. The summed E-state index contributed by atoms with van der Waals surface area (Å²) in [6.07, 6.45) is 4.62. The van der Waals surface area contributed by atoms with Crippen LogP contribution in [0.4, 0.5) is 5.69 Å². The third-order valence-corrected chi connectivity index (χ3v) is 6.26. The van der Waals surface area contributed by atoms with Gasteiger partial charge in [0.05, 0.1) is 5.75 Å². The molecule has 5 nitrogen and oxygen atoms in total. The molecule has 0 aliphatic rings. The minimum Gasteiger partial charge on any atom is -0.325 e. The Bertz CT molecular complexity index is 983. The summed E-state index contributed by atoms with van der Waals surface area (Å²) >= 11 is 1.40. The number of nitrogens with one attached hydrogen (secondary N) is 1. The predicted octanol–water partition coefficient (Wildman–Crippen LogP) is 5.49. The van der Waals surface area contributed by atoms with Gasteiger partial charge in [-0.25, -0.2) is 0 Å². The summed E-state index contributed by atoms with van der Waals surface area (Å²) in [5.41, 5.74) is 3.37. The lowest BCUT2D eigenvalue weighted by Crippen LogP contribution is -2.15. The number of hydrogen-bond donors (Lipinski definition) is 1. The highest BCUT2D eigenvalue weighted by atomic mass is 32.2. The lowest BCUT2D eigenvalue weighted by Gasteiger charge is -2.11. The molecule has 0 spiro atoms. The summed E-state index contributed by atoms with van der Waals surface area (Å²) in [7, 11) is 0. The van der Waals surface area contributed by atoms with Gasteiger partial charge in [-0.3, -0.25) is 4.79 Å². The molecule has 0 saturated heterocycles. The Morgan fingerprint density at radius 1 is 1.13 bits per heavy atom. The second-order valence-corrected chi connectivity index (χ2v) is 8.49. The van der Waals surface area contributed by atoms with Crippen LogP contribution in [0.25, 0.3) is 0 Å². The smallest absolute Gasteiger partial charge is 0.234 e. The summed E-state index contributed by atoms with van der Waals surface area (Å²) in [4.78, 5) is 12.4. The highest BCUT2D eigenvalue weighted by Gasteiger charge is 2.14. The maximum atomic E-state index is 12.4. The number of thioether (sulfide) groups is 1. The number of aryl methyl sites for hydroxylation is 2. The first-order valence-corrected chi connectivity index (χ1v) is 11.7. The Morgan fingerprint density at radius 3 is 2.55 bits per heavy atom. The Hall–Kier alpha value is -2.86. The summed E-state index contributed by atoms with van der Waals surface area (Å²) in [5.74, 6) is 1.65. The summed E-state index contributed by atoms with van der Waals surface area (Å²) in [6, 6.07) is 18.4. The number of rotatable bonds is 11. The first-order valence-electron chi connectivity index (χ1n) is 10.7. The van der Waals surface area contributed by atoms with Crippen molar-refractivity contribution < 1.29 is 4.79 Å². The fraction of sp³-hybridized carbons (Fsp3) is 0.320. The van der Waals surface area contributed by atoms with Crippen LogP contribution in [0.1, 0.15) is 43.1 Å². The predicted molar refractivity (Wildman–Crippen MR) is 129 cm³/mol. The third kappa shape index (κ3) is 6.56. The third-order valence-electron chi connectivity index (χ3n) is 5.29. The van der Waals surface area contributed by atoms with Gasteiger partial charge in [0.2, 0.25) is 5.91 Å². The molecule has 0 saturated carbocycles. The molecule has 31 heavy (non-hydrogen) atoms. The van der Waals surface area contributed by atoms with Gasteiger partial charge in [0.15, 0.2) is 5.16 Å².